The van der Waals surface area contributed by atoms with E-state index >= 15 is 0 Å². The molecule has 0 spiro atoms. The van der Waals surface area contributed by atoms with Crippen molar-refractivity contribution in [1.82, 2.24) is 4.98 Å². The lowest BCUT2D eigenvalue weighted by Gasteiger charge is -2.23. The molecule has 0 atom stereocenters. The van der Waals surface area contributed by atoms with Crippen LogP contribution in [0.4, 0.5) is 5.69 Å². The largest absolute Gasteiger partial charge is 0.383 e. The molecule has 3 heteroatoms. The molecule has 0 aliphatic heterocycles. The average molecular weight is 257 g/mol. The number of aromatic nitrogens is 1. The van der Waals surface area contributed by atoms with E-state index in [2.05, 4.69) is 47.0 Å². The van der Waals surface area contributed by atoms with Crippen molar-refractivity contribution in [3.63, 3.8) is 0 Å². The maximum atomic E-state index is 4.10. The number of rotatable bonds is 4. The Morgan fingerprint density at radius 1 is 1.43 bits per heavy atom. The highest BCUT2D eigenvalue weighted by atomic mass is 79.9. The van der Waals surface area contributed by atoms with Crippen LogP contribution in [0.2, 0.25) is 0 Å². The molecule has 0 radical (unpaired) electrons. The van der Waals surface area contributed by atoms with Crippen LogP contribution >= 0.6 is 15.9 Å². The van der Waals surface area contributed by atoms with Gasteiger partial charge in [0.2, 0.25) is 0 Å². The van der Waals surface area contributed by atoms with Crippen LogP contribution < -0.4 is 5.32 Å². The summed E-state index contributed by atoms with van der Waals surface area (Å²) in [5.74, 6) is 0. The predicted molar refractivity (Wildman–Crippen MR) is 64.5 cm³/mol. The van der Waals surface area contributed by atoms with Crippen molar-refractivity contribution in [2.24, 2.45) is 5.41 Å². The van der Waals surface area contributed by atoms with Crippen molar-refractivity contribution in [2.75, 3.05) is 11.9 Å². The molecule has 0 aromatic carbocycles. The summed E-state index contributed by atoms with van der Waals surface area (Å²) in [4.78, 5) is 4.10. The molecule has 0 unspecified atom stereocenters. The van der Waals surface area contributed by atoms with Gasteiger partial charge in [0, 0.05) is 17.2 Å². The van der Waals surface area contributed by atoms with Crippen molar-refractivity contribution in [3.05, 3.63) is 22.9 Å². The highest BCUT2D eigenvalue weighted by Gasteiger charge is 2.14. The normalized spacial score (nSPS) is 11.4. The van der Waals surface area contributed by atoms with Gasteiger partial charge in [-0.05, 0) is 33.8 Å². The summed E-state index contributed by atoms with van der Waals surface area (Å²) in [5, 5.41) is 3.38. The van der Waals surface area contributed by atoms with E-state index in [4.69, 9.17) is 0 Å². The molecule has 1 rings (SSSR count). The molecule has 0 aliphatic carbocycles. The topological polar surface area (TPSA) is 24.9 Å². The van der Waals surface area contributed by atoms with Crippen molar-refractivity contribution in [3.8, 4) is 0 Å². The molecule has 0 bridgehead atoms. The second kappa shape index (κ2) is 4.78. The predicted octanol–water partition coefficient (Wildman–Crippen LogP) is 3.69. The number of anilines is 1. The zero-order valence-corrected chi connectivity index (χ0v) is 10.6. The monoisotopic (exact) mass is 256 g/mol. The molecule has 1 aromatic heterocycles. The minimum absolute atomic E-state index is 0.336. The molecule has 1 heterocycles. The highest BCUT2D eigenvalue weighted by Crippen LogP contribution is 2.21. The van der Waals surface area contributed by atoms with E-state index < -0.39 is 0 Å². The fourth-order valence-corrected chi connectivity index (χ4v) is 1.34. The molecule has 2 nitrogen and oxygen atoms in total. The number of hydrogen-bond donors (Lipinski definition) is 1. The molecule has 1 aromatic rings. The standard InChI is InChI=1S/C11H17BrN2/c1-4-11(2,3)8-14-10-5-9(12)6-13-7-10/h5-7,14H,4,8H2,1-3H3. The summed E-state index contributed by atoms with van der Waals surface area (Å²) in [6.07, 6.45) is 4.80. The lowest BCUT2D eigenvalue weighted by Crippen LogP contribution is -2.21. The third-order valence-electron chi connectivity index (χ3n) is 2.43. The molecule has 0 aliphatic rings. The Kier molecular flexibility index (Phi) is 3.93. The molecule has 0 saturated heterocycles. The fraction of sp³-hybridized carbons (Fsp3) is 0.545. The fourth-order valence-electron chi connectivity index (χ4n) is 0.975. The second-order valence-corrected chi connectivity index (χ2v) is 5.18. The van der Waals surface area contributed by atoms with Gasteiger partial charge in [0.05, 0.1) is 11.9 Å². The average Bonchev–Trinajstić information content (AvgIpc) is 2.15. The van der Waals surface area contributed by atoms with Gasteiger partial charge in [-0.25, -0.2) is 0 Å². The van der Waals surface area contributed by atoms with Crippen LogP contribution in [0.1, 0.15) is 27.2 Å². The van der Waals surface area contributed by atoms with E-state index in [9.17, 15) is 0 Å². The zero-order chi connectivity index (χ0) is 10.6. The minimum atomic E-state index is 0.336. The number of nitrogens with one attached hydrogen (secondary N) is 1. The third kappa shape index (κ3) is 3.66. The summed E-state index contributed by atoms with van der Waals surface area (Å²) in [7, 11) is 0. The highest BCUT2D eigenvalue weighted by molar-refractivity contribution is 9.10. The summed E-state index contributed by atoms with van der Waals surface area (Å²) in [6.45, 7) is 7.69. The van der Waals surface area contributed by atoms with Gasteiger partial charge in [0.15, 0.2) is 0 Å². The van der Waals surface area contributed by atoms with Crippen molar-refractivity contribution < 1.29 is 0 Å². The van der Waals surface area contributed by atoms with Crippen molar-refractivity contribution in [1.29, 1.82) is 0 Å². The van der Waals surface area contributed by atoms with E-state index in [1.165, 1.54) is 6.42 Å². The van der Waals surface area contributed by atoms with Gasteiger partial charge in [0.1, 0.15) is 0 Å². The van der Waals surface area contributed by atoms with Gasteiger partial charge >= 0.3 is 0 Å². The summed E-state index contributed by atoms with van der Waals surface area (Å²) >= 11 is 3.40. The molecule has 0 fully saturated rings. The van der Waals surface area contributed by atoms with Crippen LogP contribution in [-0.4, -0.2) is 11.5 Å². The van der Waals surface area contributed by atoms with E-state index in [1.807, 2.05) is 12.3 Å². The number of halogens is 1. The van der Waals surface area contributed by atoms with Gasteiger partial charge in [-0.1, -0.05) is 20.8 Å². The molecule has 0 saturated carbocycles. The first-order valence-corrected chi connectivity index (χ1v) is 5.67. The first-order chi connectivity index (χ1) is 6.53. The SMILES string of the molecule is CCC(C)(C)CNc1cncc(Br)c1. The van der Waals surface area contributed by atoms with E-state index in [0.29, 0.717) is 5.41 Å². The van der Waals surface area contributed by atoms with Crippen LogP contribution in [-0.2, 0) is 0 Å². The molecule has 0 amide bonds. The Morgan fingerprint density at radius 3 is 2.71 bits per heavy atom. The molecular formula is C11H17BrN2. The van der Waals surface area contributed by atoms with Crippen LogP contribution in [0.25, 0.3) is 0 Å². The Bertz CT molecular complexity index is 297. The van der Waals surface area contributed by atoms with Crippen LogP contribution in [0.15, 0.2) is 22.9 Å². The Morgan fingerprint density at radius 2 is 2.14 bits per heavy atom. The van der Waals surface area contributed by atoms with Crippen LogP contribution in [0, 0.1) is 5.41 Å². The maximum Gasteiger partial charge on any atom is 0.0538 e. The Balaban J connectivity index is 2.54. The van der Waals surface area contributed by atoms with E-state index in [1.54, 1.807) is 6.20 Å². The van der Waals surface area contributed by atoms with Gasteiger partial charge in [0.25, 0.3) is 0 Å². The molecule has 1 N–H and O–H groups in total. The summed E-state index contributed by atoms with van der Waals surface area (Å²) in [6, 6.07) is 2.04. The van der Waals surface area contributed by atoms with E-state index in [-0.39, 0.29) is 0 Å². The van der Waals surface area contributed by atoms with Crippen molar-refractivity contribution >= 4 is 21.6 Å². The minimum Gasteiger partial charge on any atom is -0.383 e. The van der Waals surface area contributed by atoms with E-state index in [0.717, 1.165) is 16.7 Å². The van der Waals surface area contributed by atoms with Gasteiger partial charge < -0.3 is 5.32 Å². The second-order valence-electron chi connectivity index (χ2n) is 4.26. The maximum absolute atomic E-state index is 4.10. The van der Waals surface area contributed by atoms with Gasteiger partial charge in [-0.2, -0.15) is 0 Å². The molecule has 14 heavy (non-hydrogen) atoms. The summed E-state index contributed by atoms with van der Waals surface area (Å²) < 4.78 is 1.01. The summed E-state index contributed by atoms with van der Waals surface area (Å²) in [5.41, 5.74) is 1.41. The molecule has 78 valence electrons. The number of hydrogen-bond acceptors (Lipinski definition) is 2. The smallest absolute Gasteiger partial charge is 0.0538 e. The number of nitrogens with zero attached hydrogens (tertiary/aromatic N) is 1. The van der Waals surface area contributed by atoms with Crippen LogP contribution in [0.3, 0.4) is 0 Å². The first-order valence-electron chi connectivity index (χ1n) is 4.88. The van der Waals surface area contributed by atoms with Crippen molar-refractivity contribution in [2.45, 2.75) is 27.2 Å². The molecular weight excluding hydrogens is 240 g/mol. The lowest BCUT2D eigenvalue weighted by molar-refractivity contribution is 0.377. The van der Waals surface area contributed by atoms with Gasteiger partial charge in [-0.15, -0.1) is 0 Å². The quantitative estimate of drug-likeness (QED) is 0.889. The van der Waals surface area contributed by atoms with Crippen LogP contribution in [0.5, 0.6) is 0 Å². The number of pyridine rings is 1. The van der Waals surface area contributed by atoms with Gasteiger partial charge in [-0.3, -0.25) is 4.98 Å². The first kappa shape index (κ1) is 11.5. The Labute approximate surface area is 94.3 Å². The zero-order valence-electron chi connectivity index (χ0n) is 8.97. The Hall–Kier alpha value is -0.570. The third-order valence-corrected chi connectivity index (χ3v) is 2.87. The lowest BCUT2D eigenvalue weighted by atomic mass is 9.90.